The second-order valence-electron chi connectivity index (χ2n) is 6.70. The first kappa shape index (κ1) is 21.8. The molecule has 0 unspecified atom stereocenters. The number of carbonyl (C=O) groups excluding carboxylic acids is 1. The predicted octanol–water partition coefficient (Wildman–Crippen LogP) is 3.69. The van der Waals surface area contributed by atoms with Gasteiger partial charge in [-0.2, -0.15) is 0 Å². The summed E-state index contributed by atoms with van der Waals surface area (Å²) in [6, 6.07) is 17.1. The molecule has 0 saturated carbocycles. The Kier molecular flexibility index (Phi) is 7.16. The Bertz CT molecular complexity index is 1100. The molecule has 0 aliphatic rings. The molecule has 8 nitrogen and oxygen atoms in total. The maximum Gasteiger partial charge on any atom is 0.273 e. The van der Waals surface area contributed by atoms with Crippen molar-refractivity contribution >= 4 is 17.3 Å². The highest BCUT2D eigenvalue weighted by molar-refractivity contribution is 6.45. The monoisotopic (exact) mass is 420 g/mol. The number of oxime groups is 2. The van der Waals surface area contributed by atoms with Crippen LogP contribution >= 0.6 is 0 Å². The SMILES string of the molecule is CNC(=O)/C(=N/OC)c1cccc(C)c1CO/N=C(\C)c1cc(-c2ccccc2)on1. The molecule has 1 aromatic heterocycles. The van der Waals surface area contributed by atoms with E-state index in [1.165, 1.54) is 14.2 Å². The maximum absolute atomic E-state index is 12.2. The number of carbonyl (C=O) groups is 1. The molecule has 0 atom stereocenters. The molecule has 0 saturated heterocycles. The molecular formula is C23H24N4O4. The van der Waals surface area contributed by atoms with E-state index < -0.39 is 0 Å². The van der Waals surface area contributed by atoms with Crippen molar-refractivity contribution in [1.29, 1.82) is 0 Å². The van der Waals surface area contributed by atoms with Gasteiger partial charge in [-0.25, -0.2) is 0 Å². The number of aryl methyl sites for hydroxylation is 1. The Morgan fingerprint density at radius 1 is 1.13 bits per heavy atom. The highest BCUT2D eigenvalue weighted by atomic mass is 16.6. The summed E-state index contributed by atoms with van der Waals surface area (Å²) >= 11 is 0. The molecule has 8 heteroatoms. The van der Waals surface area contributed by atoms with Crippen LogP contribution in [-0.2, 0) is 21.1 Å². The first-order valence-corrected chi connectivity index (χ1v) is 9.66. The van der Waals surface area contributed by atoms with Crippen molar-refractivity contribution in [3.8, 4) is 11.3 Å². The predicted molar refractivity (Wildman–Crippen MR) is 118 cm³/mol. The van der Waals surface area contributed by atoms with Gasteiger partial charge in [0.25, 0.3) is 5.91 Å². The van der Waals surface area contributed by atoms with Crippen molar-refractivity contribution in [2.45, 2.75) is 20.5 Å². The second-order valence-corrected chi connectivity index (χ2v) is 6.70. The fourth-order valence-electron chi connectivity index (χ4n) is 2.96. The molecule has 160 valence electrons. The van der Waals surface area contributed by atoms with Gasteiger partial charge in [0, 0.05) is 29.8 Å². The first-order chi connectivity index (χ1) is 15.0. The van der Waals surface area contributed by atoms with Gasteiger partial charge in [0.1, 0.15) is 25.1 Å². The minimum absolute atomic E-state index is 0.141. The molecule has 3 aromatic rings. The molecule has 3 rings (SSSR count). The van der Waals surface area contributed by atoms with Crippen molar-refractivity contribution in [2.24, 2.45) is 10.3 Å². The van der Waals surface area contributed by atoms with Crippen LogP contribution in [0.4, 0.5) is 0 Å². The number of rotatable bonds is 8. The lowest BCUT2D eigenvalue weighted by molar-refractivity contribution is -0.114. The van der Waals surface area contributed by atoms with E-state index in [9.17, 15) is 4.79 Å². The number of nitrogens with one attached hydrogen (secondary N) is 1. The summed E-state index contributed by atoms with van der Waals surface area (Å²) in [6.45, 7) is 3.85. The molecule has 2 aromatic carbocycles. The van der Waals surface area contributed by atoms with Crippen molar-refractivity contribution in [1.82, 2.24) is 10.5 Å². The summed E-state index contributed by atoms with van der Waals surface area (Å²) in [5, 5.41) is 14.7. The fourth-order valence-corrected chi connectivity index (χ4v) is 2.96. The van der Waals surface area contributed by atoms with E-state index >= 15 is 0 Å². The van der Waals surface area contributed by atoms with Crippen molar-refractivity contribution in [3.63, 3.8) is 0 Å². The van der Waals surface area contributed by atoms with E-state index in [0.717, 1.165) is 16.7 Å². The second kappa shape index (κ2) is 10.2. The number of hydrogen-bond acceptors (Lipinski definition) is 7. The summed E-state index contributed by atoms with van der Waals surface area (Å²) in [4.78, 5) is 22.7. The summed E-state index contributed by atoms with van der Waals surface area (Å²) in [5.41, 5.74) is 4.57. The van der Waals surface area contributed by atoms with Crippen LogP contribution in [0.2, 0.25) is 0 Å². The Morgan fingerprint density at radius 3 is 2.61 bits per heavy atom. The van der Waals surface area contributed by atoms with Crippen molar-refractivity contribution in [2.75, 3.05) is 14.2 Å². The van der Waals surface area contributed by atoms with Crippen LogP contribution in [-0.4, -0.2) is 36.6 Å². The minimum atomic E-state index is -0.357. The summed E-state index contributed by atoms with van der Waals surface area (Å²) in [5.74, 6) is 0.293. The molecule has 0 radical (unpaired) electrons. The van der Waals surface area contributed by atoms with Gasteiger partial charge in [-0.15, -0.1) is 0 Å². The molecule has 1 amide bonds. The van der Waals surface area contributed by atoms with Crippen LogP contribution in [0.3, 0.4) is 0 Å². The highest BCUT2D eigenvalue weighted by Gasteiger charge is 2.19. The van der Waals surface area contributed by atoms with Gasteiger partial charge in [-0.05, 0) is 19.4 Å². The average Bonchev–Trinajstić information content (AvgIpc) is 3.29. The van der Waals surface area contributed by atoms with Crippen LogP contribution in [0, 0.1) is 6.92 Å². The molecule has 31 heavy (non-hydrogen) atoms. The van der Waals surface area contributed by atoms with Crippen molar-refractivity contribution < 1.29 is 19.0 Å². The summed E-state index contributed by atoms with van der Waals surface area (Å²) in [7, 11) is 2.93. The lowest BCUT2D eigenvalue weighted by Gasteiger charge is -2.12. The van der Waals surface area contributed by atoms with Crippen LogP contribution in [0.25, 0.3) is 11.3 Å². The van der Waals surface area contributed by atoms with E-state index in [4.69, 9.17) is 14.2 Å². The zero-order chi connectivity index (χ0) is 22.2. The Hall–Kier alpha value is -3.94. The summed E-state index contributed by atoms with van der Waals surface area (Å²) < 4.78 is 5.41. The standard InChI is InChI=1S/C23H24N4O4/c1-15-9-8-12-18(22(27-29-4)23(28)24-3)19(15)14-30-25-16(2)20-13-21(31-26-20)17-10-6-5-7-11-17/h5-13H,14H2,1-4H3,(H,24,28)/b25-16+,27-22+. The van der Waals surface area contributed by atoms with Crippen LogP contribution in [0.5, 0.6) is 0 Å². The van der Waals surface area contributed by atoms with Gasteiger partial charge in [-0.1, -0.05) is 64.0 Å². The number of amides is 1. The normalized spacial score (nSPS) is 11.9. The highest BCUT2D eigenvalue weighted by Crippen LogP contribution is 2.21. The van der Waals surface area contributed by atoms with Gasteiger partial charge in [0.05, 0.1) is 0 Å². The largest absolute Gasteiger partial charge is 0.398 e. The van der Waals surface area contributed by atoms with E-state index in [-0.39, 0.29) is 18.2 Å². The van der Waals surface area contributed by atoms with E-state index in [1.54, 1.807) is 13.0 Å². The summed E-state index contributed by atoms with van der Waals surface area (Å²) in [6.07, 6.45) is 0. The van der Waals surface area contributed by atoms with E-state index in [0.29, 0.717) is 22.7 Å². The van der Waals surface area contributed by atoms with Gasteiger partial charge in [0.15, 0.2) is 11.5 Å². The topological polar surface area (TPSA) is 98.3 Å². The third kappa shape index (κ3) is 5.16. The van der Waals surface area contributed by atoms with E-state index in [2.05, 4.69) is 20.8 Å². The molecule has 0 fully saturated rings. The zero-order valence-electron chi connectivity index (χ0n) is 17.9. The minimum Gasteiger partial charge on any atom is -0.398 e. The molecule has 0 aliphatic carbocycles. The van der Waals surface area contributed by atoms with Gasteiger partial charge < -0.3 is 19.5 Å². The molecule has 0 spiro atoms. The quantitative estimate of drug-likeness (QED) is 0.443. The van der Waals surface area contributed by atoms with Gasteiger partial charge in [-0.3, -0.25) is 4.79 Å². The lowest BCUT2D eigenvalue weighted by atomic mass is 9.98. The van der Waals surface area contributed by atoms with E-state index in [1.807, 2.05) is 55.5 Å². The number of hydrogen-bond donors (Lipinski definition) is 1. The number of benzene rings is 2. The molecule has 1 heterocycles. The van der Waals surface area contributed by atoms with Crippen LogP contribution in [0.1, 0.15) is 29.3 Å². The van der Waals surface area contributed by atoms with Crippen molar-refractivity contribution in [3.05, 3.63) is 77.0 Å². The Morgan fingerprint density at radius 2 is 1.90 bits per heavy atom. The Labute approximate surface area is 180 Å². The molecular weight excluding hydrogens is 396 g/mol. The average molecular weight is 420 g/mol. The number of aromatic nitrogens is 1. The third-order valence-electron chi connectivity index (χ3n) is 4.64. The number of likely N-dealkylation sites (N-methyl/N-ethyl adjacent to an activating group) is 1. The van der Waals surface area contributed by atoms with Crippen LogP contribution in [0.15, 0.2) is 69.4 Å². The maximum atomic E-state index is 12.2. The van der Waals surface area contributed by atoms with Crippen LogP contribution < -0.4 is 5.32 Å². The zero-order valence-corrected chi connectivity index (χ0v) is 17.9. The molecule has 0 aliphatic heterocycles. The smallest absolute Gasteiger partial charge is 0.273 e. The molecule has 0 bridgehead atoms. The lowest BCUT2D eigenvalue weighted by Crippen LogP contribution is -2.29. The third-order valence-corrected chi connectivity index (χ3v) is 4.64. The first-order valence-electron chi connectivity index (χ1n) is 9.66. The van der Waals surface area contributed by atoms with Gasteiger partial charge in [0.2, 0.25) is 0 Å². The fraction of sp³-hybridized carbons (Fsp3) is 0.217. The number of nitrogens with zero attached hydrogens (tertiary/aromatic N) is 3. The van der Waals surface area contributed by atoms with Gasteiger partial charge >= 0.3 is 0 Å². The Balaban J connectivity index is 1.79. The molecule has 1 N–H and O–H groups in total.